The van der Waals surface area contributed by atoms with E-state index < -0.39 is 0 Å². The Morgan fingerprint density at radius 1 is 1.33 bits per heavy atom. The molecule has 0 aliphatic carbocycles. The third-order valence-corrected chi connectivity index (χ3v) is 2.31. The molecule has 0 aromatic heterocycles. The van der Waals surface area contributed by atoms with E-state index in [-0.39, 0.29) is 6.79 Å². The quantitative estimate of drug-likeness (QED) is 0.756. The van der Waals surface area contributed by atoms with Crippen LogP contribution in [0.25, 0.3) is 0 Å². The largest absolute Gasteiger partial charge is 0.467 e. The van der Waals surface area contributed by atoms with E-state index in [1.54, 1.807) is 7.11 Å². The van der Waals surface area contributed by atoms with Crippen LogP contribution in [0, 0.1) is 0 Å². The van der Waals surface area contributed by atoms with E-state index in [2.05, 4.69) is 19.9 Å². The van der Waals surface area contributed by atoms with Gasteiger partial charge in [0.05, 0.1) is 0 Å². The Morgan fingerprint density at radius 3 is 2.60 bits per heavy atom. The molecule has 1 aromatic rings. The van der Waals surface area contributed by atoms with Crippen LogP contribution in [0.5, 0.6) is 5.75 Å². The standard InChI is InChI=1S/C12H19NO2/c1-9(2)10-4-5-11(7-13)12(6-10)15-8-14-3/h4-6,9H,7-8,13H2,1-3H3. The topological polar surface area (TPSA) is 44.5 Å². The maximum absolute atomic E-state index is 5.63. The zero-order chi connectivity index (χ0) is 11.3. The second-order valence-corrected chi connectivity index (χ2v) is 3.78. The molecule has 0 saturated carbocycles. The molecule has 0 atom stereocenters. The summed E-state index contributed by atoms with van der Waals surface area (Å²) in [5.41, 5.74) is 7.89. The monoisotopic (exact) mass is 209 g/mol. The zero-order valence-electron chi connectivity index (χ0n) is 9.62. The van der Waals surface area contributed by atoms with Gasteiger partial charge in [-0.05, 0) is 17.5 Å². The number of hydrogen-bond acceptors (Lipinski definition) is 3. The third kappa shape index (κ3) is 3.22. The number of methoxy groups -OCH3 is 1. The first kappa shape index (κ1) is 12.0. The van der Waals surface area contributed by atoms with Gasteiger partial charge in [0.2, 0.25) is 0 Å². The van der Waals surface area contributed by atoms with Crippen LogP contribution in [0.3, 0.4) is 0 Å². The van der Waals surface area contributed by atoms with Crippen LogP contribution < -0.4 is 10.5 Å². The Hall–Kier alpha value is -1.06. The molecule has 3 nitrogen and oxygen atoms in total. The van der Waals surface area contributed by atoms with Crippen LogP contribution in [-0.2, 0) is 11.3 Å². The second kappa shape index (κ2) is 5.73. The lowest BCUT2D eigenvalue weighted by Gasteiger charge is -2.13. The lowest BCUT2D eigenvalue weighted by atomic mass is 10.0. The van der Waals surface area contributed by atoms with E-state index in [1.165, 1.54) is 5.56 Å². The fourth-order valence-electron chi connectivity index (χ4n) is 1.36. The Morgan fingerprint density at radius 2 is 2.07 bits per heavy atom. The number of ether oxygens (including phenoxy) is 2. The molecule has 0 bridgehead atoms. The molecule has 1 rings (SSSR count). The smallest absolute Gasteiger partial charge is 0.188 e. The van der Waals surface area contributed by atoms with Crippen LogP contribution in [-0.4, -0.2) is 13.9 Å². The van der Waals surface area contributed by atoms with Gasteiger partial charge in [-0.3, -0.25) is 0 Å². The first-order valence-corrected chi connectivity index (χ1v) is 5.13. The number of rotatable bonds is 5. The molecule has 0 spiro atoms. The highest BCUT2D eigenvalue weighted by Gasteiger charge is 2.06. The van der Waals surface area contributed by atoms with E-state index in [0.29, 0.717) is 12.5 Å². The van der Waals surface area contributed by atoms with Crippen LogP contribution in [0.1, 0.15) is 30.9 Å². The van der Waals surface area contributed by atoms with Crippen molar-refractivity contribution in [1.29, 1.82) is 0 Å². The van der Waals surface area contributed by atoms with E-state index in [1.807, 2.05) is 12.1 Å². The predicted octanol–water partition coefficient (Wildman–Crippen LogP) is 2.25. The summed E-state index contributed by atoms with van der Waals surface area (Å²) in [5.74, 6) is 1.31. The number of nitrogens with two attached hydrogens (primary N) is 1. The van der Waals surface area contributed by atoms with Gasteiger partial charge in [-0.1, -0.05) is 26.0 Å². The number of benzene rings is 1. The van der Waals surface area contributed by atoms with Crippen molar-refractivity contribution in [3.8, 4) is 5.75 Å². The van der Waals surface area contributed by atoms with Gasteiger partial charge in [-0.2, -0.15) is 0 Å². The van der Waals surface area contributed by atoms with Gasteiger partial charge in [-0.15, -0.1) is 0 Å². The van der Waals surface area contributed by atoms with Crippen LogP contribution >= 0.6 is 0 Å². The lowest BCUT2D eigenvalue weighted by molar-refractivity contribution is 0.0504. The fourth-order valence-corrected chi connectivity index (χ4v) is 1.36. The minimum absolute atomic E-state index is 0.258. The molecule has 0 saturated heterocycles. The molecule has 1 aromatic carbocycles. The van der Waals surface area contributed by atoms with Crippen molar-refractivity contribution in [1.82, 2.24) is 0 Å². The van der Waals surface area contributed by atoms with Gasteiger partial charge in [0.25, 0.3) is 0 Å². The molecular weight excluding hydrogens is 190 g/mol. The van der Waals surface area contributed by atoms with E-state index in [0.717, 1.165) is 11.3 Å². The summed E-state index contributed by atoms with van der Waals surface area (Å²) in [4.78, 5) is 0. The maximum Gasteiger partial charge on any atom is 0.188 e. The molecule has 84 valence electrons. The van der Waals surface area contributed by atoms with Crippen molar-refractivity contribution < 1.29 is 9.47 Å². The molecule has 0 aliphatic rings. The van der Waals surface area contributed by atoms with Gasteiger partial charge >= 0.3 is 0 Å². The van der Waals surface area contributed by atoms with Crippen LogP contribution in [0.4, 0.5) is 0 Å². The van der Waals surface area contributed by atoms with Crippen molar-refractivity contribution in [3.63, 3.8) is 0 Å². The Balaban J connectivity index is 2.91. The molecule has 0 amide bonds. The highest BCUT2D eigenvalue weighted by Crippen LogP contribution is 2.24. The summed E-state index contributed by atoms with van der Waals surface area (Å²) < 4.78 is 10.3. The lowest BCUT2D eigenvalue weighted by Crippen LogP contribution is -2.05. The van der Waals surface area contributed by atoms with Crippen LogP contribution in [0.15, 0.2) is 18.2 Å². The minimum Gasteiger partial charge on any atom is -0.467 e. The van der Waals surface area contributed by atoms with Gasteiger partial charge in [-0.25, -0.2) is 0 Å². The third-order valence-electron chi connectivity index (χ3n) is 2.31. The molecule has 15 heavy (non-hydrogen) atoms. The molecule has 0 aliphatic heterocycles. The highest BCUT2D eigenvalue weighted by atomic mass is 16.7. The van der Waals surface area contributed by atoms with Gasteiger partial charge in [0, 0.05) is 19.2 Å². The minimum atomic E-state index is 0.258. The molecule has 0 unspecified atom stereocenters. The summed E-state index contributed by atoms with van der Waals surface area (Å²) in [6.45, 7) is 5.04. The Kier molecular flexibility index (Phi) is 4.59. The van der Waals surface area contributed by atoms with E-state index >= 15 is 0 Å². The normalized spacial score (nSPS) is 10.7. The summed E-state index contributed by atoms with van der Waals surface area (Å²) >= 11 is 0. The van der Waals surface area contributed by atoms with Gasteiger partial charge in [0.1, 0.15) is 5.75 Å². The van der Waals surface area contributed by atoms with Crippen molar-refractivity contribution in [3.05, 3.63) is 29.3 Å². The summed E-state index contributed by atoms with van der Waals surface area (Å²) in [7, 11) is 1.61. The van der Waals surface area contributed by atoms with Crippen molar-refractivity contribution in [2.45, 2.75) is 26.3 Å². The molecule has 0 heterocycles. The summed E-state index contributed by atoms with van der Waals surface area (Å²) in [6.07, 6.45) is 0. The van der Waals surface area contributed by atoms with Crippen molar-refractivity contribution in [2.24, 2.45) is 5.73 Å². The molecule has 2 N–H and O–H groups in total. The first-order chi connectivity index (χ1) is 7.19. The first-order valence-electron chi connectivity index (χ1n) is 5.13. The van der Waals surface area contributed by atoms with Crippen molar-refractivity contribution >= 4 is 0 Å². The number of hydrogen-bond donors (Lipinski definition) is 1. The van der Waals surface area contributed by atoms with E-state index in [9.17, 15) is 0 Å². The average Bonchev–Trinajstić information content (AvgIpc) is 2.25. The van der Waals surface area contributed by atoms with Crippen molar-refractivity contribution in [2.75, 3.05) is 13.9 Å². The molecule has 0 fully saturated rings. The summed E-state index contributed by atoms with van der Waals surface area (Å²) in [6, 6.07) is 6.14. The molecular formula is C12H19NO2. The average molecular weight is 209 g/mol. The predicted molar refractivity (Wildman–Crippen MR) is 60.9 cm³/mol. The summed E-state index contributed by atoms with van der Waals surface area (Å²) in [5, 5.41) is 0. The highest BCUT2D eigenvalue weighted by molar-refractivity contribution is 5.38. The Labute approximate surface area is 91.2 Å². The fraction of sp³-hybridized carbons (Fsp3) is 0.500. The van der Waals surface area contributed by atoms with Gasteiger partial charge < -0.3 is 15.2 Å². The van der Waals surface area contributed by atoms with Gasteiger partial charge in [0.15, 0.2) is 6.79 Å². The maximum atomic E-state index is 5.63. The van der Waals surface area contributed by atoms with Crippen LogP contribution in [0.2, 0.25) is 0 Å². The van der Waals surface area contributed by atoms with E-state index in [4.69, 9.17) is 15.2 Å². The molecule has 3 heteroatoms. The zero-order valence-corrected chi connectivity index (χ0v) is 9.62. The molecule has 0 radical (unpaired) electrons. The Bertz CT molecular complexity index is 310. The SMILES string of the molecule is COCOc1cc(C(C)C)ccc1CN. The second-order valence-electron chi connectivity index (χ2n) is 3.78.